The smallest absolute Gasteiger partial charge is 0.258 e. The van der Waals surface area contributed by atoms with Gasteiger partial charge in [-0.25, -0.2) is 4.68 Å². The van der Waals surface area contributed by atoms with Gasteiger partial charge in [-0.15, -0.1) is 0 Å². The van der Waals surface area contributed by atoms with Gasteiger partial charge in [0.25, 0.3) is 5.91 Å². The number of nitrogens with one attached hydrogen (secondary N) is 1. The molecule has 26 heavy (non-hydrogen) atoms. The van der Waals surface area contributed by atoms with Crippen molar-refractivity contribution < 1.29 is 9.53 Å². The molecule has 5 saturated carbocycles. The van der Waals surface area contributed by atoms with E-state index in [1.165, 1.54) is 51.4 Å². The van der Waals surface area contributed by atoms with Gasteiger partial charge in [-0.2, -0.15) is 5.10 Å². The molecule has 5 aliphatic carbocycles. The molecule has 0 saturated heterocycles. The molecule has 1 aromatic heterocycles. The van der Waals surface area contributed by atoms with E-state index in [-0.39, 0.29) is 12.0 Å². The Kier molecular flexibility index (Phi) is 4.21. The summed E-state index contributed by atoms with van der Waals surface area (Å²) < 4.78 is 7.95. The summed E-state index contributed by atoms with van der Waals surface area (Å²) in [5.74, 6) is 3.90. The van der Waals surface area contributed by atoms with Crippen LogP contribution in [0.1, 0.15) is 74.6 Å². The lowest BCUT2D eigenvalue weighted by molar-refractivity contribution is -0.0120. The van der Waals surface area contributed by atoms with Gasteiger partial charge in [-0.3, -0.25) is 4.79 Å². The number of carbonyl (C=O) groups is 1. The molecular formula is C21H31N3O2. The highest BCUT2D eigenvalue weighted by atomic mass is 16.5. The van der Waals surface area contributed by atoms with Gasteiger partial charge in [0, 0.05) is 13.1 Å². The fraction of sp³-hybridized carbons (Fsp3) is 0.810. The van der Waals surface area contributed by atoms with Crippen LogP contribution in [0.2, 0.25) is 0 Å². The maximum absolute atomic E-state index is 13.1. The molecule has 0 atom stereocenters. The molecule has 5 fully saturated rings. The minimum atomic E-state index is 0.0152. The van der Waals surface area contributed by atoms with Crippen molar-refractivity contribution in [2.24, 2.45) is 30.7 Å². The number of carbonyl (C=O) groups excluding carboxylic acids is 1. The maximum atomic E-state index is 13.1. The zero-order chi connectivity index (χ0) is 17.7. The predicted molar refractivity (Wildman–Crippen MR) is 99.0 cm³/mol. The summed E-state index contributed by atoms with van der Waals surface area (Å²) in [7, 11) is 1.87. The third-order valence-electron chi connectivity index (χ3n) is 7.48. The second kappa shape index (κ2) is 6.58. The highest BCUT2D eigenvalue weighted by Crippen LogP contribution is 2.53. The molecule has 1 heterocycles. The van der Waals surface area contributed by atoms with E-state index in [1.54, 1.807) is 10.9 Å². The van der Waals surface area contributed by atoms with E-state index in [0.29, 0.717) is 29.3 Å². The van der Waals surface area contributed by atoms with Crippen LogP contribution in [-0.4, -0.2) is 27.8 Å². The van der Waals surface area contributed by atoms with E-state index < -0.39 is 0 Å². The van der Waals surface area contributed by atoms with Crippen molar-refractivity contribution in [2.45, 2.75) is 76.4 Å². The monoisotopic (exact) mass is 357 g/mol. The van der Waals surface area contributed by atoms with Crippen LogP contribution in [0.15, 0.2) is 6.20 Å². The van der Waals surface area contributed by atoms with Crippen LogP contribution in [0.25, 0.3) is 0 Å². The van der Waals surface area contributed by atoms with Gasteiger partial charge in [0.1, 0.15) is 11.7 Å². The largest absolute Gasteiger partial charge is 0.474 e. The molecule has 5 heteroatoms. The molecule has 5 nitrogen and oxygen atoms in total. The quantitative estimate of drug-likeness (QED) is 0.894. The number of nitrogens with zero attached hydrogens (tertiary/aromatic N) is 2. The zero-order valence-electron chi connectivity index (χ0n) is 15.8. The minimum absolute atomic E-state index is 0.0152. The molecule has 5 aliphatic rings. The minimum Gasteiger partial charge on any atom is -0.474 e. The summed E-state index contributed by atoms with van der Waals surface area (Å²) in [5.41, 5.74) is 0.617. The first kappa shape index (κ1) is 16.6. The molecule has 0 unspecified atom stereocenters. The second-order valence-electron chi connectivity index (χ2n) is 9.29. The average molecular weight is 357 g/mol. The van der Waals surface area contributed by atoms with E-state index in [2.05, 4.69) is 10.4 Å². The summed E-state index contributed by atoms with van der Waals surface area (Å²) in [4.78, 5) is 13.1. The van der Waals surface area contributed by atoms with Crippen molar-refractivity contribution in [2.75, 3.05) is 0 Å². The lowest BCUT2D eigenvalue weighted by Crippen LogP contribution is -2.55. The third-order valence-corrected chi connectivity index (χ3v) is 7.48. The van der Waals surface area contributed by atoms with E-state index in [0.717, 1.165) is 24.7 Å². The average Bonchev–Trinajstić information content (AvgIpc) is 2.99. The Hall–Kier alpha value is -1.52. The first-order valence-electron chi connectivity index (χ1n) is 10.7. The molecule has 1 N–H and O–H groups in total. The third kappa shape index (κ3) is 2.93. The molecule has 1 aromatic rings. The van der Waals surface area contributed by atoms with E-state index in [1.807, 2.05) is 7.05 Å². The summed E-state index contributed by atoms with van der Waals surface area (Å²) >= 11 is 0. The van der Waals surface area contributed by atoms with Crippen molar-refractivity contribution in [3.8, 4) is 5.88 Å². The molecule has 6 rings (SSSR count). The van der Waals surface area contributed by atoms with Gasteiger partial charge in [0.15, 0.2) is 0 Å². The predicted octanol–water partition coefficient (Wildman–Crippen LogP) is 3.69. The summed E-state index contributed by atoms with van der Waals surface area (Å²) in [6.07, 6.45) is 14.5. The van der Waals surface area contributed by atoms with Crippen LogP contribution >= 0.6 is 0 Å². The van der Waals surface area contributed by atoms with Gasteiger partial charge in [0.05, 0.1) is 6.20 Å². The van der Waals surface area contributed by atoms with Crippen molar-refractivity contribution in [3.63, 3.8) is 0 Å². The highest BCUT2D eigenvalue weighted by Gasteiger charge is 2.48. The van der Waals surface area contributed by atoms with Gasteiger partial charge in [-0.05, 0) is 81.5 Å². The SMILES string of the molecule is Cn1ncc(C(=O)NC2C3CC4CC(C3)CC2C4)c1OC1CCCCC1. The normalized spacial score (nSPS) is 36.3. The van der Waals surface area contributed by atoms with Gasteiger partial charge >= 0.3 is 0 Å². The molecule has 0 aromatic carbocycles. The van der Waals surface area contributed by atoms with Crippen LogP contribution < -0.4 is 10.1 Å². The van der Waals surface area contributed by atoms with Crippen LogP contribution in [0, 0.1) is 23.7 Å². The Bertz CT molecular complexity index is 649. The van der Waals surface area contributed by atoms with Crippen LogP contribution in [0.4, 0.5) is 0 Å². The van der Waals surface area contributed by atoms with E-state index >= 15 is 0 Å². The fourth-order valence-electron chi connectivity index (χ4n) is 6.45. The van der Waals surface area contributed by atoms with Crippen molar-refractivity contribution in [1.82, 2.24) is 15.1 Å². The number of aromatic nitrogens is 2. The lowest BCUT2D eigenvalue weighted by atomic mass is 9.54. The Morgan fingerprint density at radius 2 is 1.73 bits per heavy atom. The van der Waals surface area contributed by atoms with Crippen LogP contribution in [0.3, 0.4) is 0 Å². The van der Waals surface area contributed by atoms with Crippen LogP contribution in [0.5, 0.6) is 5.88 Å². The molecule has 142 valence electrons. The Labute approximate surface area is 155 Å². The number of hydrogen-bond acceptors (Lipinski definition) is 3. The molecular weight excluding hydrogens is 326 g/mol. The van der Waals surface area contributed by atoms with Crippen molar-refractivity contribution in [3.05, 3.63) is 11.8 Å². The number of aryl methyl sites for hydroxylation is 1. The van der Waals surface area contributed by atoms with Crippen molar-refractivity contribution in [1.29, 1.82) is 0 Å². The molecule has 4 bridgehead atoms. The van der Waals surface area contributed by atoms with Crippen LogP contribution in [-0.2, 0) is 7.05 Å². The van der Waals surface area contributed by atoms with E-state index in [4.69, 9.17) is 4.74 Å². The standard InChI is InChI=1S/C21H31N3O2/c1-24-21(26-17-5-3-2-4-6-17)18(12-22-24)20(25)23-19-15-8-13-7-14(10-15)11-16(19)9-13/h12-17,19H,2-11H2,1H3,(H,23,25). The number of amides is 1. The molecule has 1 amide bonds. The molecule has 0 spiro atoms. The Morgan fingerprint density at radius 3 is 2.38 bits per heavy atom. The number of rotatable bonds is 4. The zero-order valence-corrected chi connectivity index (χ0v) is 15.8. The topological polar surface area (TPSA) is 56.2 Å². The molecule has 0 aliphatic heterocycles. The fourth-order valence-corrected chi connectivity index (χ4v) is 6.45. The maximum Gasteiger partial charge on any atom is 0.258 e. The second-order valence-corrected chi connectivity index (χ2v) is 9.29. The first-order valence-corrected chi connectivity index (χ1v) is 10.7. The molecule has 0 radical (unpaired) electrons. The Balaban J connectivity index is 1.30. The van der Waals surface area contributed by atoms with Gasteiger partial charge in [-0.1, -0.05) is 6.42 Å². The first-order chi connectivity index (χ1) is 12.7. The summed E-state index contributed by atoms with van der Waals surface area (Å²) in [5, 5.41) is 7.72. The van der Waals surface area contributed by atoms with Gasteiger partial charge in [0.2, 0.25) is 5.88 Å². The number of hydrogen-bond donors (Lipinski definition) is 1. The Morgan fingerprint density at radius 1 is 1.08 bits per heavy atom. The van der Waals surface area contributed by atoms with E-state index in [9.17, 15) is 4.79 Å². The van der Waals surface area contributed by atoms with Crippen molar-refractivity contribution >= 4 is 5.91 Å². The summed E-state index contributed by atoms with van der Waals surface area (Å²) in [6, 6.07) is 0.359. The number of ether oxygens (including phenoxy) is 1. The van der Waals surface area contributed by atoms with Gasteiger partial charge < -0.3 is 10.1 Å². The highest BCUT2D eigenvalue weighted by molar-refractivity contribution is 5.96. The summed E-state index contributed by atoms with van der Waals surface area (Å²) in [6.45, 7) is 0. The lowest BCUT2D eigenvalue weighted by Gasteiger charge is -2.54.